The smallest absolute Gasteiger partial charge is 0.0935 e. The minimum absolute atomic E-state index is 0.0659. The van der Waals surface area contributed by atoms with E-state index in [1.54, 1.807) is 18.7 Å². The Balaban J connectivity index is 2.15. The number of aryl methyl sites for hydroxylation is 1. The van der Waals surface area contributed by atoms with Gasteiger partial charge < -0.3 is 10.2 Å². The average molecular weight is 202 g/mol. The van der Waals surface area contributed by atoms with Crippen LogP contribution in [0.25, 0.3) is 0 Å². The molecule has 0 aliphatic heterocycles. The van der Waals surface area contributed by atoms with Crippen molar-refractivity contribution in [3.05, 3.63) is 53.7 Å². The van der Waals surface area contributed by atoms with Crippen LogP contribution in [0.15, 0.2) is 41.3 Å². The third-order valence-corrected chi connectivity index (χ3v) is 2.44. The van der Waals surface area contributed by atoms with E-state index in [1.807, 2.05) is 25.1 Å². The Morgan fingerprint density at radius 2 is 2.33 bits per heavy atom. The molecule has 0 bridgehead atoms. The van der Waals surface area contributed by atoms with E-state index in [0.717, 1.165) is 23.2 Å². The van der Waals surface area contributed by atoms with Crippen molar-refractivity contribution in [2.45, 2.75) is 19.4 Å². The van der Waals surface area contributed by atoms with E-state index in [1.165, 1.54) is 0 Å². The Labute approximate surface area is 88.9 Å². The van der Waals surface area contributed by atoms with Crippen LogP contribution in [0.4, 0.5) is 0 Å². The van der Waals surface area contributed by atoms with Crippen LogP contribution < -0.4 is 5.73 Å². The van der Waals surface area contributed by atoms with Gasteiger partial charge in [0.2, 0.25) is 0 Å². The standard InChI is InChI=1S/C12H14N2O/c1-9-3-2-5-14-12(9)11(13)7-10-4-6-15-8-10/h2-6,8,11H,7,13H2,1H3. The van der Waals surface area contributed by atoms with Gasteiger partial charge in [0.15, 0.2) is 0 Å². The molecule has 1 unspecified atom stereocenters. The molecule has 3 nitrogen and oxygen atoms in total. The summed E-state index contributed by atoms with van der Waals surface area (Å²) in [5, 5.41) is 0. The molecule has 2 aromatic heterocycles. The first-order valence-electron chi connectivity index (χ1n) is 4.95. The third-order valence-electron chi connectivity index (χ3n) is 2.44. The molecule has 0 saturated carbocycles. The Hall–Kier alpha value is -1.61. The molecular weight excluding hydrogens is 188 g/mol. The van der Waals surface area contributed by atoms with Gasteiger partial charge in [-0.1, -0.05) is 6.07 Å². The van der Waals surface area contributed by atoms with Crippen molar-refractivity contribution in [1.29, 1.82) is 0 Å². The summed E-state index contributed by atoms with van der Waals surface area (Å²) in [5.74, 6) is 0. The molecule has 3 heteroatoms. The summed E-state index contributed by atoms with van der Waals surface area (Å²) in [6, 6.07) is 5.81. The van der Waals surface area contributed by atoms with Gasteiger partial charge in [0.05, 0.1) is 24.3 Å². The van der Waals surface area contributed by atoms with E-state index >= 15 is 0 Å². The molecule has 2 N–H and O–H groups in total. The Kier molecular flexibility index (Phi) is 2.83. The Morgan fingerprint density at radius 3 is 3.00 bits per heavy atom. The molecule has 0 fully saturated rings. The minimum atomic E-state index is -0.0659. The molecule has 0 radical (unpaired) electrons. The van der Waals surface area contributed by atoms with Crippen molar-refractivity contribution >= 4 is 0 Å². The monoisotopic (exact) mass is 202 g/mol. The second kappa shape index (κ2) is 4.28. The zero-order valence-corrected chi connectivity index (χ0v) is 8.68. The zero-order chi connectivity index (χ0) is 10.7. The maximum Gasteiger partial charge on any atom is 0.0935 e. The van der Waals surface area contributed by atoms with Crippen LogP contribution in [0, 0.1) is 6.92 Å². The van der Waals surface area contributed by atoms with Crippen molar-refractivity contribution < 1.29 is 4.42 Å². The lowest BCUT2D eigenvalue weighted by molar-refractivity contribution is 0.560. The van der Waals surface area contributed by atoms with Gasteiger partial charge in [0, 0.05) is 6.20 Å². The second-order valence-corrected chi connectivity index (χ2v) is 3.65. The first kappa shape index (κ1) is 9.93. The van der Waals surface area contributed by atoms with E-state index < -0.39 is 0 Å². The number of nitrogens with two attached hydrogens (primary N) is 1. The van der Waals surface area contributed by atoms with Gasteiger partial charge in [0.1, 0.15) is 0 Å². The normalized spacial score (nSPS) is 12.7. The van der Waals surface area contributed by atoms with Gasteiger partial charge in [-0.05, 0) is 36.6 Å². The second-order valence-electron chi connectivity index (χ2n) is 3.65. The van der Waals surface area contributed by atoms with E-state index in [0.29, 0.717) is 0 Å². The molecule has 2 heterocycles. The number of nitrogens with zero attached hydrogens (tertiary/aromatic N) is 1. The molecule has 0 aliphatic carbocycles. The highest BCUT2D eigenvalue weighted by molar-refractivity contribution is 5.22. The van der Waals surface area contributed by atoms with Crippen molar-refractivity contribution in [2.75, 3.05) is 0 Å². The first-order chi connectivity index (χ1) is 7.27. The van der Waals surface area contributed by atoms with Gasteiger partial charge >= 0.3 is 0 Å². The molecule has 78 valence electrons. The minimum Gasteiger partial charge on any atom is -0.472 e. The highest BCUT2D eigenvalue weighted by atomic mass is 16.3. The summed E-state index contributed by atoms with van der Waals surface area (Å²) >= 11 is 0. The molecular formula is C12H14N2O. The van der Waals surface area contributed by atoms with Crippen LogP contribution in [-0.2, 0) is 6.42 Å². The van der Waals surface area contributed by atoms with Crippen LogP contribution in [0.5, 0.6) is 0 Å². The largest absolute Gasteiger partial charge is 0.472 e. The lowest BCUT2D eigenvalue weighted by Gasteiger charge is -2.11. The number of hydrogen-bond acceptors (Lipinski definition) is 3. The summed E-state index contributed by atoms with van der Waals surface area (Å²) in [7, 11) is 0. The number of rotatable bonds is 3. The highest BCUT2D eigenvalue weighted by Crippen LogP contribution is 2.17. The van der Waals surface area contributed by atoms with Crippen LogP contribution in [0.1, 0.15) is 22.9 Å². The Morgan fingerprint density at radius 1 is 1.47 bits per heavy atom. The quantitative estimate of drug-likeness (QED) is 0.830. The third kappa shape index (κ3) is 2.25. The lowest BCUT2D eigenvalue weighted by Crippen LogP contribution is -2.15. The summed E-state index contributed by atoms with van der Waals surface area (Å²) in [5.41, 5.74) is 9.28. The molecule has 2 aromatic rings. The first-order valence-corrected chi connectivity index (χ1v) is 4.95. The van der Waals surface area contributed by atoms with Gasteiger partial charge in [-0.25, -0.2) is 0 Å². The van der Waals surface area contributed by atoms with Crippen LogP contribution in [0.2, 0.25) is 0 Å². The molecule has 0 aromatic carbocycles. The Bertz CT molecular complexity index is 423. The number of furan rings is 1. The van der Waals surface area contributed by atoms with Crippen molar-refractivity contribution in [1.82, 2.24) is 4.98 Å². The van der Waals surface area contributed by atoms with Crippen LogP contribution in [0.3, 0.4) is 0 Å². The summed E-state index contributed by atoms with van der Waals surface area (Å²) in [6.45, 7) is 2.03. The number of pyridine rings is 1. The van der Waals surface area contributed by atoms with E-state index in [-0.39, 0.29) is 6.04 Å². The molecule has 0 saturated heterocycles. The fourth-order valence-corrected chi connectivity index (χ4v) is 1.65. The predicted octanol–water partition coefficient (Wildman–Crippen LogP) is 2.23. The fourth-order valence-electron chi connectivity index (χ4n) is 1.65. The summed E-state index contributed by atoms with van der Waals surface area (Å²) in [6.07, 6.45) is 5.91. The van der Waals surface area contributed by atoms with Crippen molar-refractivity contribution in [2.24, 2.45) is 5.73 Å². The fraction of sp³-hybridized carbons (Fsp3) is 0.250. The topological polar surface area (TPSA) is 52.0 Å². The number of hydrogen-bond donors (Lipinski definition) is 1. The molecule has 0 aliphatic rings. The van der Waals surface area contributed by atoms with E-state index in [4.69, 9.17) is 10.2 Å². The van der Waals surface area contributed by atoms with Crippen LogP contribution in [-0.4, -0.2) is 4.98 Å². The van der Waals surface area contributed by atoms with Gasteiger partial charge in [-0.2, -0.15) is 0 Å². The summed E-state index contributed by atoms with van der Waals surface area (Å²) in [4.78, 5) is 4.30. The molecule has 0 spiro atoms. The van der Waals surface area contributed by atoms with Crippen LogP contribution >= 0.6 is 0 Å². The highest BCUT2D eigenvalue weighted by Gasteiger charge is 2.11. The van der Waals surface area contributed by atoms with Crippen molar-refractivity contribution in [3.63, 3.8) is 0 Å². The van der Waals surface area contributed by atoms with Crippen molar-refractivity contribution in [3.8, 4) is 0 Å². The number of aromatic nitrogens is 1. The molecule has 1 atom stereocenters. The SMILES string of the molecule is Cc1cccnc1C(N)Cc1ccoc1. The molecule has 15 heavy (non-hydrogen) atoms. The van der Waals surface area contributed by atoms with E-state index in [9.17, 15) is 0 Å². The maximum atomic E-state index is 6.08. The van der Waals surface area contributed by atoms with Gasteiger partial charge in [0.25, 0.3) is 0 Å². The van der Waals surface area contributed by atoms with Gasteiger partial charge in [-0.15, -0.1) is 0 Å². The lowest BCUT2D eigenvalue weighted by atomic mass is 10.0. The summed E-state index contributed by atoms with van der Waals surface area (Å²) < 4.78 is 5.01. The molecule has 2 rings (SSSR count). The zero-order valence-electron chi connectivity index (χ0n) is 8.68. The van der Waals surface area contributed by atoms with Gasteiger partial charge in [-0.3, -0.25) is 4.98 Å². The van der Waals surface area contributed by atoms with E-state index in [2.05, 4.69) is 4.98 Å². The molecule has 0 amide bonds. The maximum absolute atomic E-state index is 6.08. The predicted molar refractivity (Wildman–Crippen MR) is 58.3 cm³/mol. The average Bonchev–Trinajstić information content (AvgIpc) is 2.71.